The van der Waals surface area contributed by atoms with E-state index in [1.54, 1.807) is 12.4 Å². The SMILES string of the molecule is Cc1ccc2c(c1)C(=O)C[C@@H]([C@@H]1CCCN(C(=O)n3ccnc3)C1)O2. The van der Waals surface area contributed by atoms with Crippen molar-refractivity contribution in [3.63, 3.8) is 0 Å². The first kappa shape index (κ1) is 15.9. The van der Waals surface area contributed by atoms with E-state index in [1.165, 1.54) is 10.9 Å². The number of nitrogens with zero attached hydrogens (tertiary/aromatic N) is 3. The van der Waals surface area contributed by atoms with Gasteiger partial charge in [0.15, 0.2) is 5.78 Å². The number of carbonyl (C=O) groups excluding carboxylic acids is 2. The lowest BCUT2D eigenvalue weighted by Crippen LogP contribution is -2.47. The van der Waals surface area contributed by atoms with Gasteiger partial charge >= 0.3 is 6.03 Å². The highest BCUT2D eigenvalue weighted by Crippen LogP contribution is 2.33. The standard InChI is InChI=1S/C19H21N3O3/c1-13-4-5-17-15(9-13)16(23)10-18(25-17)14-3-2-7-21(11-14)19(24)22-8-6-20-12-22/h4-6,8-9,12,14,18H,2-3,7,10-11H2,1H3/t14-,18+/m1/s1. The van der Waals surface area contributed by atoms with E-state index in [4.69, 9.17) is 4.74 Å². The molecule has 0 aliphatic carbocycles. The number of amides is 1. The molecule has 25 heavy (non-hydrogen) atoms. The van der Waals surface area contributed by atoms with Crippen molar-refractivity contribution in [1.29, 1.82) is 0 Å². The Bertz CT molecular complexity index is 800. The van der Waals surface area contributed by atoms with Crippen LogP contribution >= 0.6 is 0 Å². The number of Topliss-reactive ketones (excluding diaryl/α,β-unsaturated/α-hetero) is 1. The second-order valence-electron chi connectivity index (χ2n) is 6.88. The number of ketones is 1. The van der Waals surface area contributed by atoms with Crippen molar-refractivity contribution < 1.29 is 14.3 Å². The number of hydrogen-bond donors (Lipinski definition) is 0. The highest BCUT2D eigenvalue weighted by Gasteiger charge is 2.36. The molecule has 1 fully saturated rings. The molecule has 0 saturated carbocycles. The molecular weight excluding hydrogens is 318 g/mol. The van der Waals surface area contributed by atoms with Gasteiger partial charge in [0.2, 0.25) is 0 Å². The number of fused-ring (bicyclic) bond motifs is 1. The molecule has 130 valence electrons. The van der Waals surface area contributed by atoms with Crippen LogP contribution in [0.15, 0.2) is 36.9 Å². The Morgan fingerprint density at radius 1 is 1.36 bits per heavy atom. The Kier molecular flexibility index (Phi) is 4.03. The van der Waals surface area contributed by atoms with Gasteiger partial charge in [-0.15, -0.1) is 0 Å². The minimum atomic E-state index is -0.166. The highest BCUT2D eigenvalue weighted by atomic mass is 16.5. The first-order valence-electron chi connectivity index (χ1n) is 8.69. The van der Waals surface area contributed by atoms with Crippen molar-refractivity contribution in [3.8, 4) is 5.75 Å². The largest absolute Gasteiger partial charge is 0.489 e. The third-order valence-corrected chi connectivity index (χ3v) is 5.08. The maximum absolute atomic E-state index is 12.5. The molecule has 0 N–H and O–H groups in total. The van der Waals surface area contributed by atoms with Crippen LogP contribution in [0, 0.1) is 12.8 Å². The summed E-state index contributed by atoms with van der Waals surface area (Å²) in [5.41, 5.74) is 1.74. The van der Waals surface area contributed by atoms with Crippen molar-refractivity contribution in [2.45, 2.75) is 32.3 Å². The molecule has 0 spiro atoms. The molecule has 1 aromatic carbocycles. The predicted octanol–water partition coefficient (Wildman–Crippen LogP) is 2.91. The van der Waals surface area contributed by atoms with Crippen LogP contribution in [0.25, 0.3) is 0 Å². The van der Waals surface area contributed by atoms with Crippen LogP contribution in [0.5, 0.6) is 5.75 Å². The van der Waals surface area contributed by atoms with Crippen molar-refractivity contribution in [2.24, 2.45) is 5.92 Å². The summed E-state index contributed by atoms with van der Waals surface area (Å²) in [6.45, 7) is 3.31. The third kappa shape index (κ3) is 3.04. The van der Waals surface area contributed by atoms with Crippen LogP contribution in [0.4, 0.5) is 4.79 Å². The lowest BCUT2D eigenvalue weighted by Gasteiger charge is -2.38. The molecule has 1 amide bonds. The zero-order chi connectivity index (χ0) is 17.4. The predicted molar refractivity (Wildman–Crippen MR) is 91.9 cm³/mol. The molecule has 2 aliphatic heterocycles. The molecule has 0 unspecified atom stereocenters. The average Bonchev–Trinajstić information content (AvgIpc) is 3.16. The molecule has 6 nitrogen and oxygen atoms in total. The Hall–Kier alpha value is -2.63. The number of hydrogen-bond acceptors (Lipinski definition) is 4. The molecule has 1 aromatic heterocycles. The third-order valence-electron chi connectivity index (χ3n) is 5.08. The lowest BCUT2D eigenvalue weighted by molar-refractivity contribution is 0.0550. The number of carbonyl (C=O) groups is 2. The number of aromatic nitrogens is 2. The Balaban J connectivity index is 1.49. The first-order chi connectivity index (χ1) is 12.1. The summed E-state index contributed by atoms with van der Waals surface area (Å²) in [5, 5.41) is 0. The number of ether oxygens (including phenoxy) is 1. The maximum Gasteiger partial charge on any atom is 0.329 e. The van der Waals surface area contributed by atoms with E-state index < -0.39 is 0 Å². The van der Waals surface area contributed by atoms with Gasteiger partial charge in [0.25, 0.3) is 0 Å². The summed E-state index contributed by atoms with van der Waals surface area (Å²) in [6.07, 6.45) is 6.87. The van der Waals surface area contributed by atoms with E-state index in [0.717, 1.165) is 24.9 Å². The average molecular weight is 339 g/mol. The zero-order valence-corrected chi connectivity index (χ0v) is 14.2. The maximum atomic E-state index is 12.5. The minimum absolute atomic E-state index is 0.0691. The summed E-state index contributed by atoms with van der Waals surface area (Å²) in [6, 6.07) is 5.67. The molecular formula is C19H21N3O3. The molecule has 0 bridgehead atoms. The number of likely N-dealkylation sites (tertiary alicyclic amines) is 1. The van der Waals surface area contributed by atoms with Crippen molar-refractivity contribution in [1.82, 2.24) is 14.5 Å². The van der Waals surface area contributed by atoms with E-state index in [2.05, 4.69) is 4.98 Å². The number of piperidine rings is 1. The minimum Gasteiger partial charge on any atom is -0.489 e. The van der Waals surface area contributed by atoms with Crippen LogP contribution in [-0.4, -0.2) is 45.5 Å². The fraction of sp³-hybridized carbons (Fsp3) is 0.421. The van der Waals surface area contributed by atoms with Gasteiger partial charge in [-0.25, -0.2) is 9.78 Å². The van der Waals surface area contributed by atoms with Gasteiger partial charge in [-0.2, -0.15) is 0 Å². The molecule has 1 saturated heterocycles. The van der Waals surface area contributed by atoms with Gasteiger partial charge in [-0.1, -0.05) is 11.6 Å². The number of aryl methyl sites for hydroxylation is 1. The second kappa shape index (κ2) is 6.35. The molecule has 6 heteroatoms. The van der Waals surface area contributed by atoms with E-state index in [0.29, 0.717) is 24.3 Å². The summed E-state index contributed by atoms with van der Waals surface area (Å²) >= 11 is 0. The van der Waals surface area contributed by atoms with Gasteiger partial charge in [-0.05, 0) is 31.9 Å². The molecule has 3 heterocycles. The zero-order valence-electron chi connectivity index (χ0n) is 14.2. The fourth-order valence-corrected chi connectivity index (χ4v) is 3.75. The number of benzene rings is 1. The Labute approximate surface area is 146 Å². The molecule has 2 aliphatic rings. The van der Waals surface area contributed by atoms with Crippen LogP contribution in [0.2, 0.25) is 0 Å². The van der Waals surface area contributed by atoms with Gasteiger partial charge in [0.1, 0.15) is 18.2 Å². The lowest BCUT2D eigenvalue weighted by atomic mass is 9.86. The molecule has 4 rings (SSSR count). The second-order valence-corrected chi connectivity index (χ2v) is 6.88. The van der Waals surface area contributed by atoms with E-state index in [-0.39, 0.29) is 23.8 Å². The Morgan fingerprint density at radius 3 is 3.04 bits per heavy atom. The quantitative estimate of drug-likeness (QED) is 0.801. The normalized spacial score (nSPS) is 23.1. The van der Waals surface area contributed by atoms with Crippen LogP contribution in [0.1, 0.15) is 35.2 Å². The summed E-state index contributed by atoms with van der Waals surface area (Å²) in [4.78, 5) is 30.8. The van der Waals surface area contributed by atoms with Crippen LogP contribution in [0.3, 0.4) is 0 Å². The van der Waals surface area contributed by atoms with Crippen LogP contribution < -0.4 is 4.74 Å². The first-order valence-corrected chi connectivity index (χ1v) is 8.69. The van der Waals surface area contributed by atoms with Gasteiger partial charge in [0.05, 0.1) is 5.56 Å². The Morgan fingerprint density at radius 2 is 2.24 bits per heavy atom. The number of rotatable bonds is 1. The smallest absolute Gasteiger partial charge is 0.329 e. The van der Waals surface area contributed by atoms with Crippen molar-refractivity contribution >= 4 is 11.8 Å². The number of imidazole rings is 1. The summed E-state index contributed by atoms with van der Waals surface area (Å²) < 4.78 is 7.63. The van der Waals surface area contributed by atoms with Gasteiger partial charge < -0.3 is 9.64 Å². The monoisotopic (exact) mass is 339 g/mol. The topological polar surface area (TPSA) is 64.4 Å². The van der Waals surface area contributed by atoms with Crippen molar-refractivity contribution in [3.05, 3.63) is 48.0 Å². The molecule has 2 aromatic rings. The molecule has 0 radical (unpaired) electrons. The van der Waals surface area contributed by atoms with E-state index in [9.17, 15) is 9.59 Å². The summed E-state index contributed by atoms with van der Waals surface area (Å²) in [5.74, 6) is 0.970. The highest BCUT2D eigenvalue weighted by molar-refractivity contribution is 6.00. The fourth-order valence-electron chi connectivity index (χ4n) is 3.75. The van der Waals surface area contributed by atoms with Crippen LogP contribution in [-0.2, 0) is 0 Å². The van der Waals surface area contributed by atoms with Gasteiger partial charge in [0, 0.05) is 37.8 Å². The van der Waals surface area contributed by atoms with E-state index in [1.807, 2.05) is 30.0 Å². The van der Waals surface area contributed by atoms with E-state index >= 15 is 0 Å². The van der Waals surface area contributed by atoms with Crippen molar-refractivity contribution in [2.75, 3.05) is 13.1 Å². The van der Waals surface area contributed by atoms with Gasteiger partial charge in [-0.3, -0.25) is 9.36 Å². The summed E-state index contributed by atoms with van der Waals surface area (Å²) in [7, 11) is 0. The molecule has 2 atom stereocenters.